The highest BCUT2D eigenvalue weighted by Crippen LogP contribution is 2.52. The monoisotopic (exact) mass is 591 g/mol. The second-order valence-electron chi connectivity index (χ2n) is 11.3. The molecular weight excluding hydrogens is 553 g/mol. The van der Waals surface area contributed by atoms with Crippen LogP contribution in [-0.4, -0.2) is 51.7 Å². The summed E-state index contributed by atoms with van der Waals surface area (Å²) in [4.78, 5) is 36.8. The molecule has 2 heterocycles. The van der Waals surface area contributed by atoms with Gasteiger partial charge in [-0.25, -0.2) is 15.0 Å². The molecule has 0 bridgehead atoms. The van der Waals surface area contributed by atoms with Gasteiger partial charge < -0.3 is 24.5 Å². The lowest BCUT2D eigenvalue weighted by molar-refractivity contribution is -0.162. The predicted molar refractivity (Wildman–Crippen MR) is 151 cm³/mol. The number of aromatic nitrogens is 4. The number of nitrogens with two attached hydrogens (primary N) is 1. The molecule has 0 radical (unpaired) electrons. The van der Waals surface area contributed by atoms with Crippen LogP contribution in [-0.2, 0) is 45.4 Å². The first-order valence-electron chi connectivity index (χ1n) is 13.0. The molecule has 0 saturated heterocycles. The largest absolute Gasteiger partial charge is 0.493 e. The Morgan fingerprint density at radius 1 is 0.927 bits per heavy atom. The molecule has 13 nitrogen and oxygen atoms in total. The van der Waals surface area contributed by atoms with Gasteiger partial charge in [0.2, 0.25) is 13.6 Å². The quantitative estimate of drug-likeness (QED) is 0.126. The van der Waals surface area contributed by atoms with Gasteiger partial charge in [-0.15, -0.1) is 0 Å². The van der Waals surface area contributed by atoms with Gasteiger partial charge in [0.25, 0.3) is 0 Å². The number of hydrogen-bond donors (Lipinski definition) is 1. The summed E-state index contributed by atoms with van der Waals surface area (Å²) in [5, 5.41) is 0. The molecule has 0 fully saturated rings. The molecule has 2 N–H and O–H groups in total. The van der Waals surface area contributed by atoms with E-state index in [4.69, 9.17) is 29.0 Å². The number of fused-ring (bicyclic) bond motifs is 1. The van der Waals surface area contributed by atoms with E-state index in [0.717, 1.165) is 0 Å². The molecule has 0 aliphatic carbocycles. The molecule has 1 aromatic carbocycles. The van der Waals surface area contributed by atoms with Crippen LogP contribution in [0.2, 0.25) is 0 Å². The lowest BCUT2D eigenvalue weighted by Gasteiger charge is -2.22. The van der Waals surface area contributed by atoms with E-state index >= 15 is 0 Å². The van der Waals surface area contributed by atoms with E-state index in [1.54, 1.807) is 72.1 Å². The molecule has 0 saturated carbocycles. The Morgan fingerprint density at radius 2 is 1.54 bits per heavy atom. The zero-order chi connectivity index (χ0) is 30.3. The minimum atomic E-state index is -3.97. The van der Waals surface area contributed by atoms with Crippen LogP contribution in [0.25, 0.3) is 11.2 Å². The second-order valence-corrected chi connectivity index (χ2v) is 13.4. The Balaban J connectivity index is 1.65. The van der Waals surface area contributed by atoms with Gasteiger partial charge in [0, 0.05) is 12.1 Å². The van der Waals surface area contributed by atoms with E-state index in [2.05, 4.69) is 15.0 Å². The number of rotatable bonds is 13. The van der Waals surface area contributed by atoms with Crippen molar-refractivity contribution in [2.24, 2.45) is 10.8 Å². The average molecular weight is 592 g/mol. The van der Waals surface area contributed by atoms with Gasteiger partial charge in [0.15, 0.2) is 11.5 Å². The van der Waals surface area contributed by atoms with Gasteiger partial charge >= 0.3 is 19.5 Å². The standard InChI is InChI=1S/C27H38N5O8P/c1-26(2,3)24(33)37-17-39-41(35,40-18-38-25(34)27(4,5)6)14-19-10-7-8-11-20(19)36-13-9-12-32-16-31-21-22(28)29-15-30-23(21)32/h7-8,10-11,15-16H,9,12-14,17-18H2,1-6H3,(H2,28,29,30). The summed E-state index contributed by atoms with van der Waals surface area (Å²) in [6.07, 6.45) is 3.43. The van der Waals surface area contributed by atoms with E-state index < -0.39 is 44.0 Å². The third kappa shape index (κ3) is 9.24. The van der Waals surface area contributed by atoms with Gasteiger partial charge in [-0.3, -0.25) is 23.2 Å². The number of para-hydroxylation sites is 1. The predicted octanol–water partition coefficient (Wildman–Crippen LogP) is 4.70. The first kappa shape index (κ1) is 32.0. The summed E-state index contributed by atoms with van der Waals surface area (Å²) in [6.45, 7) is 9.80. The molecule has 0 amide bonds. The highest BCUT2D eigenvalue weighted by molar-refractivity contribution is 7.53. The van der Waals surface area contributed by atoms with Crippen LogP contribution in [0.15, 0.2) is 36.9 Å². The third-order valence-electron chi connectivity index (χ3n) is 5.67. The smallest absolute Gasteiger partial charge is 0.340 e. The van der Waals surface area contributed by atoms with Crippen LogP contribution in [0.3, 0.4) is 0 Å². The van der Waals surface area contributed by atoms with Crippen molar-refractivity contribution < 1.29 is 37.4 Å². The van der Waals surface area contributed by atoms with E-state index in [9.17, 15) is 14.2 Å². The van der Waals surface area contributed by atoms with Gasteiger partial charge in [0.1, 0.15) is 17.6 Å². The Morgan fingerprint density at radius 3 is 2.15 bits per heavy atom. The van der Waals surface area contributed by atoms with Crippen molar-refractivity contribution in [1.82, 2.24) is 19.5 Å². The summed E-state index contributed by atoms with van der Waals surface area (Å²) < 4.78 is 42.7. The molecule has 0 spiro atoms. The topological polar surface area (TPSA) is 167 Å². The Kier molecular flexibility index (Phi) is 10.5. The van der Waals surface area contributed by atoms with Crippen molar-refractivity contribution in [3.8, 4) is 5.75 Å². The second kappa shape index (κ2) is 13.4. The van der Waals surface area contributed by atoms with Crippen molar-refractivity contribution in [3.05, 3.63) is 42.5 Å². The number of aryl methyl sites for hydroxylation is 1. The third-order valence-corrected chi connectivity index (χ3v) is 7.40. The first-order valence-corrected chi connectivity index (χ1v) is 14.8. The fraction of sp³-hybridized carbons (Fsp3) is 0.519. The molecule has 3 aromatic rings. The van der Waals surface area contributed by atoms with Crippen LogP contribution < -0.4 is 10.5 Å². The molecule has 224 valence electrons. The SMILES string of the molecule is CC(C)(C)C(=O)OCOP(=O)(Cc1ccccc1OCCCn1cnc2c(N)ncnc21)OCOC(=O)C(C)(C)C. The number of imidazole rings is 1. The van der Waals surface area contributed by atoms with E-state index in [1.807, 2.05) is 4.57 Å². The van der Waals surface area contributed by atoms with Crippen LogP contribution in [0, 0.1) is 10.8 Å². The summed E-state index contributed by atoms with van der Waals surface area (Å²) in [7, 11) is -3.97. The number of nitrogen functional groups attached to an aromatic ring is 1. The molecule has 0 unspecified atom stereocenters. The number of carbonyl (C=O) groups is 2. The zero-order valence-electron chi connectivity index (χ0n) is 24.3. The summed E-state index contributed by atoms with van der Waals surface area (Å²) in [6, 6.07) is 7.00. The number of carbonyl (C=O) groups excluding carboxylic acids is 2. The maximum atomic E-state index is 13.7. The van der Waals surface area contributed by atoms with E-state index in [0.29, 0.717) is 47.9 Å². The zero-order valence-corrected chi connectivity index (χ0v) is 25.2. The van der Waals surface area contributed by atoms with Gasteiger partial charge in [0.05, 0.1) is 29.9 Å². The minimum Gasteiger partial charge on any atom is -0.493 e. The average Bonchev–Trinajstić information content (AvgIpc) is 3.30. The fourth-order valence-corrected chi connectivity index (χ4v) is 4.71. The molecule has 0 atom stereocenters. The number of anilines is 1. The number of nitrogens with zero attached hydrogens (tertiary/aromatic N) is 4. The van der Waals surface area contributed by atoms with E-state index in [-0.39, 0.29) is 6.16 Å². The van der Waals surface area contributed by atoms with Crippen LogP contribution in [0.4, 0.5) is 5.82 Å². The molecule has 0 aliphatic rings. The Labute approximate surface area is 239 Å². The molecular formula is C27H38N5O8P. The van der Waals surface area contributed by atoms with Crippen LogP contribution >= 0.6 is 7.60 Å². The van der Waals surface area contributed by atoms with Crippen LogP contribution in [0.1, 0.15) is 53.5 Å². The van der Waals surface area contributed by atoms with Crippen molar-refractivity contribution in [3.63, 3.8) is 0 Å². The summed E-state index contributed by atoms with van der Waals surface area (Å²) in [5.74, 6) is -0.284. The van der Waals surface area contributed by atoms with Crippen molar-refractivity contribution >= 4 is 36.5 Å². The maximum absolute atomic E-state index is 13.7. The maximum Gasteiger partial charge on any atom is 0.340 e. The first-order chi connectivity index (χ1) is 19.2. The molecule has 41 heavy (non-hydrogen) atoms. The molecule has 14 heteroatoms. The lowest BCUT2D eigenvalue weighted by Crippen LogP contribution is -2.25. The molecule has 3 rings (SSSR count). The number of benzene rings is 1. The highest BCUT2D eigenvalue weighted by Gasteiger charge is 2.31. The Hall–Kier alpha value is -3.54. The van der Waals surface area contributed by atoms with Crippen molar-refractivity contribution in [2.75, 3.05) is 25.9 Å². The van der Waals surface area contributed by atoms with Crippen molar-refractivity contribution in [1.29, 1.82) is 0 Å². The summed E-state index contributed by atoms with van der Waals surface area (Å²) >= 11 is 0. The van der Waals surface area contributed by atoms with Gasteiger partial charge in [-0.2, -0.15) is 0 Å². The fourth-order valence-electron chi connectivity index (χ4n) is 3.35. The lowest BCUT2D eigenvalue weighted by atomic mass is 9.98. The number of ether oxygens (including phenoxy) is 3. The van der Waals surface area contributed by atoms with Gasteiger partial charge in [-0.1, -0.05) is 18.2 Å². The van der Waals surface area contributed by atoms with Crippen molar-refractivity contribution in [2.45, 2.75) is 60.7 Å². The minimum absolute atomic E-state index is 0.217. The van der Waals surface area contributed by atoms with E-state index in [1.165, 1.54) is 6.33 Å². The van der Waals surface area contributed by atoms with Crippen LogP contribution in [0.5, 0.6) is 5.75 Å². The number of hydrogen-bond acceptors (Lipinski definition) is 12. The number of esters is 2. The molecule has 2 aromatic heterocycles. The molecule has 0 aliphatic heterocycles. The summed E-state index contributed by atoms with van der Waals surface area (Å²) in [5.41, 5.74) is 6.00. The normalized spacial score (nSPS) is 12.3. The van der Waals surface area contributed by atoms with Gasteiger partial charge in [-0.05, 0) is 54.0 Å². The Bertz CT molecular complexity index is 1360. The highest BCUT2D eigenvalue weighted by atomic mass is 31.2.